The third kappa shape index (κ3) is 8.82. The van der Waals surface area contributed by atoms with Crippen LogP contribution in [0, 0.1) is 11.3 Å². The first-order valence-electron chi connectivity index (χ1n) is 0.901. The number of aliphatic carboxylic acids is 1. The number of rotatable bonds is 0. The van der Waals surface area contributed by atoms with Crippen LogP contribution in [0.25, 0.3) is 0 Å². The first-order chi connectivity index (χ1) is 2.27. The van der Waals surface area contributed by atoms with Crippen LogP contribution in [0.15, 0.2) is 0 Å². The van der Waals surface area contributed by atoms with Crippen LogP contribution in [0.1, 0.15) is 1.43 Å². The molecule has 0 heterocycles. The molecule has 0 radical (unpaired) electrons. The fourth-order valence-corrected chi connectivity index (χ4v) is 0. The van der Waals surface area contributed by atoms with E-state index in [2.05, 4.69) is 0 Å². The van der Waals surface area contributed by atoms with Crippen molar-refractivity contribution in [2.45, 2.75) is 0 Å². The molecule has 3 nitrogen and oxygen atoms in total. The molecule has 28 valence electrons. The Balaban J connectivity index is -0.0000000800. The number of hydrogen-bond donors (Lipinski definition) is 1. The second-order valence-electron chi connectivity index (χ2n) is 0.417. The van der Waals surface area contributed by atoms with Gasteiger partial charge in [-0.2, -0.15) is 5.26 Å². The van der Waals surface area contributed by atoms with Gasteiger partial charge in [0.05, 0.1) is 0 Å². The van der Waals surface area contributed by atoms with E-state index >= 15 is 0 Å². The van der Waals surface area contributed by atoms with Crippen molar-refractivity contribution in [3.8, 4) is 6.07 Å². The van der Waals surface area contributed by atoms with Crippen molar-refractivity contribution >= 4 is 5.97 Å². The third-order valence-electron chi connectivity index (χ3n) is 0.0956. The average molecular weight is 111 g/mol. The molecule has 0 aliphatic heterocycles. The van der Waals surface area contributed by atoms with E-state index in [1.807, 2.05) is 0 Å². The van der Waals surface area contributed by atoms with Gasteiger partial charge in [-0.3, -0.25) is 0 Å². The molecule has 0 aromatic carbocycles. The maximum Gasteiger partial charge on any atom is 1.00 e. The van der Waals surface area contributed by atoms with Gasteiger partial charge in [-0.15, -0.1) is 0 Å². The number of nitriles is 1. The van der Waals surface area contributed by atoms with Gasteiger partial charge in [0, 0.05) is 0 Å². The Kier molecular flexibility index (Phi) is 9.12. The molecule has 0 saturated heterocycles. The first-order valence-corrected chi connectivity index (χ1v) is 0.901. The third-order valence-corrected chi connectivity index (χ3v) is 0.0956. The summed E-state index contributed by atoms with van der Waals surface area (Å²) in [7, 11) is 0. The van der Waals surface area contributed by atoms with Crippen molar-refractivity contribution in [3.05, 3.63) is 0 Å². The van der Waals surface area contributed by atoms with Crippen molar-refractivity contribution in [1.82, 2.24) is 0 Å². The number of carboxylic acids is 1. The van der Waals surface area contributed by atoms with E-state index in [9.17, 15) is 0 Å². The molecule has 0 rings (SSSR count). The van der Waals surface area contributed by atoms with Gasteiger partial charge in [0.1, 0.15) is 0 Å². The zero-order chi connectivity index (χ0) is 4.28. The van der Waals surface area contributed by atoms with Crippen molar-refractivity contribution in [2.24, 2.45) is 0 Å². The molecule has 0 saturated carbocycles. The predicted octanol–water partition coefficient (Wildman–Crippen LogP) is -3.29. The van der Waals surface area contributed by atoms with Gasteiger partial charge in [0.15, 0.2) is 6.07 Å². The molecule has 0 unspecified atom stereocenters. The number of carboxylic acid groups (broad SMARTS) is 1. The van der Waals surface area contributed by atoms with Gasteiger partial charge in [0.2, 0.25) is 0 Å². The fourth-order valence-electron chi connectivity index (χ4n) is 0. The molecule has 6 heavy (non-hydrogen) atoms. The smallest absolute Gasteiger partial charge is 1.00 e. The molecule has 0 aliphatic rings. The SMILES string of the molecule is N#CC(=O)O.[H-].[K+]. The van der Waals surface area contributed by atoms with Crippen LogP contribution in [0.3, 0.4) is 0 Å². The Labute approximate surface area is 78.9 Å². The number of nitrogens with zero attached hydrogens (tertiary/aromatic N) is 1. The van der Waals surface area contributed by atoms with Crippen molar-refractivity contribution < 1.29 is 62.7 Å². The van der Waals surface area contributed by atoms with Gasteiger partial charge in [-0.05, 0) is 0 Å². The Morgan fingerprint density at radius 3 is 2.17 bits per heavy atom. The maximum absolute atomic E-state index is 9.01. The monoisotopic (exact) mass is 111 g/mol. The minimum atomic E-state index is -1.44. The number of carbonyl (C=O) groups is 1. The second-order valence-corrected chi connectivity index (χ2v) is 0.417. The molecule has 0 aliphatic carbocycles. The molecule has 0 bridgehead atoms. The quantitative estimate of drug-likeness (QED) is 0.202. The van der Waals surface area contributed by atoms with E-state index in [-0.39, 0.29) is 52.8 Å². The standard InChI is InChI=1S/C2HNO2.K.H/c3-1-2(4)5;;/h(H,4,5);;/q;+1;-1. The molecule has 0 atom stereocenters. The molecule has 4 heteroatoms. The minimum absolute atomic E-state index is 0. The maximum atomic E-state index is 9.01. The second kappa shape index (κ2) is 5.60. The van der Waals surface area contributed by atoms with E-state index in [1.54, 1.807) is 0 Å². The van der Waals surface area contributed by atoms with Crippen LogP contribution in [-0.4, -0.2) is 11.1 Å². The van der Waals surface area contributed by atoms with Gasteiger partial charge in [-0.25, -0.2) is 4.79 Å². The summed E-state index contributed by atoms with van der Waals surface area (Å²) in [6.45, 7) is 0. The first kappa shape index (κ1) is 9.78. The normalized spacial score (nSPS) is 4.50. The molecule has 1 N–H and O–H groups in total. The van der Waals surface area contributed by atoms with Gasteiger partial charge < -0.3 is 6.53 Å². The molecule has 0 fully saturated rings. The van der Waals surface area contributed by atoms with E-state index < -0.39 is 5.97 Å². The van der Waals surface area contributed by atoms with Crippen LogP contribution in [0.5, 0.6) is 0 Å². The summed E-state index contributed by atoms with van der Waals surface area (Å²) >= 11 is 0. The minimum Gasteiger partial charge on any atom is -1.00 e. The van der Waals surface area contributed by atoms with Crippen LogP contribution in [0.4, 0.5) is 0 Å². The van der Waals surface area contributed by atoms with Crippen molar-refractivity contribution in [3.63, 3.8) is 0 Å². The molecular formula is C2H2KNO2. The Hall–Kier alpha value is 0.596. The van der Waals surface area contributed by atoms with Crippen molar-refractivity contribution in [1.29, 1.82) is 5.26 Å². The number of hydrogen-bond acceptors (Lipinski definition) is 2. The van der Waals surface area contributed by atoms with Crippen LogP contribution >= 0.6 is 0 Å². The molecule has 0 aromatic heterocycles. The van der Waals surface area contributed by atoms with Gasteiger partial charge >= 0.3 is 57.4 Å². The summed E-state index contributed by atoms with van der Waals surface area (Å²) in [5.41, 5.74) is 0. The average Bonchev–Trinajstić information content (AvgIpc) is 1.38. The summed E-state index contributed by atoms with van der Waals surface area (Å²) in [6, 6.07) is 0.944. The van der Waals surface area contributed by atoms with E-state index in [4.69, 9.17) is 15.2 Å². The summed E-state index contributed by atoms with van der Waals surface area (Å²) in [5.74, 6) is -1.44. The Bertz CT molecular complexity index is 88.2. The summed E-state index contributed by atoms with van der Waals surface area (Å²) < 4.78 is 0. The largest absolute Gasteiger partial charge is 1.00 e. The van der Waals surface area contributed by atoms with Crippen molar-refractivity contribution in [2.75, 3.05) is 0 Å². The van der Waals surface area contributed by atoms with Gasteiger partial charge in [-0.1, -0.05) is 0 Å². The summed E-state index contributed by atoms with van der Waals surface area (Å²) in [4.78, 5) is 9.01. The summed E-state index contributed by atoms with van der Waals surface area (Å²) in [6.07, 6.45) is 0. The topological polar surface area (TPSA) is 61.1 Å². The predicted molar refractivity (Wildman–Crippen MR) is 14.4 cm³/mol. The van der Waals surface area contributed by atoms with Gasteiger partial charge in [0.25, 0.3) is 0 Å². The Morgan fingerprint density at radius 2 is 2.17 bits per heavy atom. The molecule has 0 aromatic rings. The van der Waals surface area contributed by atoms with Crippen LogP contribution in [0.2, 0.25) is 0 Å². The van der Waals surface area contributed by atoms with E-state index in [0.29, 0.717) is 0 Å². The zero-order valence-corrected chi connectivity index (χ0v) is 6.43. The molecule has 0 amide bonds. The van der Waals surface area contributed by atoms with E-state index in [0.717, 1.165) is 6.07 Å². The molecular weight excluding hydrogens is 109 g/mol. The fraction of sp³-hybridized carbons (Fsp3) is 0. The summed E-state index contributed by atoms with van der Waals surface area (Å²) in [5, 5.41) is 14.7. The zero-order valence-electron chi connectivity index (χ0n) is 4.30. The van der Waals surface area contributed by atoms with Crippen LogP contribution in [-0.2, 0) is 4.79 Å². The van der Waals surface area contributed by atoms with Crippen LogP contribution < -0.4 is 51.4 Å². The Morgan fingerprint density at radius 1 is 2.00 bits per heavy atom. The van der Waals surface area contributed by atoms with E-state index in [1.165, 1.54) is 0 Å². The molecule has 0 spiro atoms.